The number of anilines is 4. The molecule has 0 atom stereocenters. The van der Waals surface area contributed by atoms with Gasteiger partial charge in [-0.1, -0.05) is 12.5 Å². The molecule has 0 aromatic carbocycles. The van der Waals surface area contributed by atoms with Crippen molar-refractivity contribution in [3.8, 4) is 0 Å². The average Bonchev–Trinajstić information content (AvgIpc) is 2.81. The van der Waals surface area contributed by atoms with E-state index in [-0.39, 0.29) is 17.9 Å². The number of carbonyl (C=O) groups is 2. The predicted octanol–water partition coefficient (Wildman–Crippen LogP) is 2.73. The molecule has 1 aliphatic heterocycles. The molecule has 9 nitrogen and oxygen atoms in total. The smallest absolute Gasteiger partial charge is 0.382 e. The van der Waals surface area contributed by atoms with Gasteiger partial charge in [0, 0.05) is 32.9 Å². The highest BCUT2D eigenvalue weighted by atomic mass is 19.4. The Hall–Kier alpha value is -3.41. The van der Waals surface area contributed by atoms with Crippen molar-refractivity contribution in [1.82, 2.24) is 14.9 Å². The highest BCUT2D eigenvalue weighted by Crippen LogP contribution is 2.37. The number of hydrogen-bond donors (Lipinski definition) is 2. The van der Waals surface area contributed by atoms with E-state index in [2.05, 4.69) is 20.2 Å². The van der Waals surface area contributed by atoms with E-state index in [0.717, 1.165) is 32.1 Å². The number of nitrogens with one attached hydrogen (secondary N) is 1. The van der Waals surface area contributed by atoms with Crippen LogP contribution in [0.2, 0.25) is 0 Å². The molecule has 1 aliphatic rings. The quantitative estimate of drug-likeness (QED) is 0.505. The summed E-state index contributed by atoms with van der Waals surface area (Å²) in [4.78, 5) is 35.6. The molecule has 1 fully saturated rings. The van der Waals surface area contributed by atoms with Crippen LogP contribution < -0.4 is 20.9 Å². The fraction of sp³-hybridized carbons (Fsp3) is 0.455. The molecule has 0 spiro atoms. The van der Waals surface area contributed by atoms with Gasteiger partial charge >= 0.3 is 6.18 Å². The molecule has 184 valence electrons. The van der Waals surface area contributed by atoms with Crippen LogP contribution >= 0.6 is 0 Å². The number of halogens is 3. The second kappa shape index (κ2) is 11.1. The molecule has 2 aromatic rings. The van der Waals surface area contributed by atoms with Crippen LogP contribution in [0, 0.1) is 0 Å². The van der Waals surface area contributed by atoms with Crippen LogP contribution in [0.25, 0.3) is 0 Å². The molecule has 1 saturated heterocycles. The zero-order chi connectivity index (χ0) is 24.7. The highest BCUT2D eigenvalue weighted by molar-refractivity contribution is 5.88. The molecule has 3 rings (SSSR count). The van der Waals surface area contributed by atoms with Crippen molar-refractivity contribution >= 4 is 35.8 Å². The lowest BCUT2D eigenvalue weighted by atomic mass is 10.1. The van der Waals surface area contributed by atoms with E-state index in [1.165, 1.54) is 29.1 Å². The van der Waals surface area contributed by atoms with Gasteiger partial charge in [0.25, 0.3) is 0 Å². The van der Waals surface area contributed by atoms with Gasteiger partial charge in [-0.3, -0.25) is 14.5 Å². The van der Waals surface area contributed by atoms with Crippen LogP contribution in [0.3, 0.4) is 0 Å². The minimum Gasteiger partial charge on any atom is -0.382 e. The van der Waals surface area contributed by atoms with Crippen LogP contribution in [-0.4, -0.2) is 60.9 Å². The molecule has 0 saturated carbocycles. The summed E-state index contributed by atoms with van der Waals surface area (Å²) in [7, 11) is 1.56. The molecular formula is C22H28F3N7O2. The van der Waals surface area contributed by atoms with Crippen molar-refractivity contribution in [3.63, 3.8) is 0 Å². The maximum Gasteiger partial charge on any atom is 0.433 e. The van der Waals surface area contributed by atoms with E-state index in [1.807, 2.05) is 0 Å². The van der Waals surface area contributed by atoms with E-state index in [0.29, 0.717) is 24.3 Å². The molecule has 0 bridgehead atoms. The zero-order valence-corrected chi connectivity index (χ0v) is 18.9. The molecular weight excluding hydrogens is 451 g/mol. The van der Waals surface area contributed by atoms with Crippen LogP contribution in [0.15, 0.2) is 24.4 Å². The minimum atomic E-state index is -4.70. The Morgan fingerprint density at radius 3 is 2.53 bits per heavy atom. The lowest BCUT2D eigenvalue weighted by molar-refractivity contribution is -0.141. The number of hydrogen-bond acceptors (Lipinski definition) is 7. The molecule has 3 N–H and O–H groups in total. The van der Waals surface area contributed by atoms with Crippen molar-refractivity contribution in [2.24, 2.45) is 0 Å². The van der Waals surface area contributed by atoms with Crippen LogP contribution in [-0.2, 0) is 22.3 Å². The van der Waals surface area contributed by atoms with Gasteiger partial charge in [-0.05, 0) is 43.6 Å². The van der Waals surface area contributed by atoms with E-state index in [9.17, 15) is 22.8 Å². The lowest BCUT2D eigenvalue weighted by Gasteiger charge is -2.28. The largest absolute Gasteiger partial charge is 0.433 e. The Labute approximate surface area is 195 Å². The first-order chi connectivity index (χ1) is 16.2. The topological polar surface area (TPSA) is 108 Å². The van der Waals surface area contributed by atoms with E-state index < -0.39 is 17.7 Å². The molecule has 0 aliphatic carbocycles. The highest BCUT2D eigenvalue weighted by Gasteiger charge is 2.34. The monoisotopic (exact) mass is 479 g/mol. The summed E-state index contributed by atoms with van der Waals surface area (Å²) < 4.78 is 39.7. The lowest BCUT2D eigenvalue weighted by Crippen LogP contribution is -2.37. The normalized spacial score (nSPS) is 14.5. The summed E-state index contributed by atoms with van der Waals surface area (Å²) in [6.07, 6.45) is 1.50. The molecule has 2 amide bonds. The third-order valence-corrected chi connectivity index (χ3v) is 5.69. The number of nitrogen functional groups attached to an aromatic ring is 1. The van der Waals surface area contributed by atoms with Crippen LogP contribution in [0.1, 0.15) is 30.5 Å². The van der Waals surface area contributed by atoms with Gasteiger partial charge in [-0.2, -0.15) is 13.2 Å². The van der Waals surface area contributed by atoms with Crippen molar-refractivity contribution in [3.05, 3.63) is 35.7 Å². The van der Waals surface area contributed by atoms with Crippen molar-refractivity contribution in [2.75, 3.05) is 54.1 Å². The number of nitrogens with two attached hydrogens (primary N) is 1. The number of aromatic nitrogens is 2. The first kappa shape index (κ1) is 25.2. The van der Waals surface area contributed by atoms with Gasteiger partial charge in [0.2, 0.25) is 12.8 Å². The maximum absolute atomic E-state index is 13.2. The number of likely N-dealkylation sites (tertiary alicyclic amines) is 1. The predicted molar refractivity (Wildman–Crippen MR) is 123 cm³/mol. The van der Waals surface area contributed by atoms with E-state index >= 15 is 0 Å². The van der Waals surface area contributed by atoms with Crippen molar-refractivity contribution in [2.45, 2.75) is 32.0 Å². The standard InChI is InChI=1S/C22H28F3N7O2/c1-30(17-11-18(22(23,24)25)29-21(26)20(17)28-14-33)13-16-5-6-19(27-12-16)32(15-34)10-9-31-7-3-2-4-8-31/h5-6,11-12,14-15H,2-4,7-10,13H2,1H3,(H2,26,29)(H,28,33). The van der Waals surface area contributed by atoms with Crippen molar-refractivity contribution < 1.29 is 22.8 Å². The van der Waals surface area contributed by atoms with Gasteiger partial charge in [-0.15, -0.1) is 0 Å². The maximum atomic E-state index is 13.2. The Bertz CT molecular complexity index is 980. The van der Waals surface area contributed by atoms with Gasteiger partial charge in [0.05, 0.1) is 5.69 Å². The Morgan fingerprint density at radius 2 is 1.94 bits per heavy atom. The third kappa shape index (κ3) is 6.34. The number of carbonyl (C=O) groups excluding carboxylic acids is 2. The first-order valence-corrected chi connectivity index (χ1v) is 10.9. The van der Waals surface area contributed by atoms with E-state index in [4.69, 9.17) is 5.73 Å². The van der Waals surface area contributed by atoms with Gasteiger partial charge in [0.1, 0.15) is 23.0 Å². The molecule has 34 heavy (non-hydrogen) atoms. The second-order valence-electron chi connectivity index (χ2n) is 8.13. The van der Waals surface area contributed by atoms with Crippen LogP contribution in [0.5, 0.6) is 0 Å². The summed E-state index contributed by atoms with van der Waals surface area (Å²) in [5.41, 5.74) is 5.25. The fourth-order valence-corrected chi connectivity index (χ4v) is 3.90. The molecule has 0 radical (unpaired) electrons. The summed E-state index contributed by atoms with van der Waals surface area (Å²) in [6, 6.07) is 4.28. The molecule has 3 heterocycles. The number of piperidine rings is 1. The Morgan fingerprint density at radius 1 is 1.21 bits per heavy atom. The van der Waals surface area contributed by atoms with E-state index in [1.54, 1.807) is 25.4 Å². The average molecular weight is 480 g/mol. The zero-order valence-electron chi connectivity index (χ0n) is 18.9. The number of amides is 2. The van der Waals surface area contributed by atoms with Gasteiger partial charge < -0.3 is 20.9 Å². The number of nitrogens with zero attached hydrogens (tertiary/aromatic N) is 5. The fourth-order valence-electron chi connectivity index (χ4n) is 3.90. The molecule has 12 heteroatoms. The second-order valence-corrected chi connectivity index (χ2v) is 8.13. The Balaban J connectivity index is 1.72. The number of rotatable bonds is 10. The van der Waals surface area contributed by atoms with Crippen molar-refractivity contribution in [1.29, 1.82) is 0 Å². The summed E-state index contributed by atoms with van der Waals surface area (Å²) in [5.74, 6) is 0.0572. The molecule has 0 unspecified atom stereocenters. The first-order valence-electron chi connectivity index (χ1n) is 10.9. The van der Waals surface area contributed by atoms with Crippen LogP contribution in [0.4, 0.5) is 36.2 Å². The number of alkyl halides is 3. The number of pyridine rings is 2. The summed E-state index contributed by atoms with van der Waals surface area (Å²) in [6.45, 7) is 3.52. The Kier molecular flexibility index (Phi) is 8.26. The van der Waals surface area contributed by atoms with Gasteiger partial charge in [0.15, 0.2) is 0 Å². The third-order valence-electron chi connectivity index (χ3n) is 5.69. The van der Waals surface area contributed by atoms with Gasteiger partial charge in [-0.25, -0.2) is 9.97 Å². The minimum absolute atomic E-state index is 0.0140. The summed E-state index contributed by atoms with van der Waals surface area (Å²) in [5, 5.41) is 2.32. The summed E-state index contributed by atoms with van der Waals surface area (Å²) >= 11 is 0. The SMILES string of the molecule is CN(Cc1ccc(N(C=O)CCN2CCCCC2)nc1)c1cc(C(F)(F)F)nc(N)c1NC=O. The molecule has 2 aromatic heterocycles.